The van der Waals surface area contributed by atoms with Gasteiger partial charge in [0.05, 0.1) is 6.26 Å². The van der Waals surface area contributed by atoms with E-state index in [0.29, 0.717) is 24.5 Å². The summed E-state index contributed by atoms with van der Waals surface area (Å²) < 4.78 is 5.10. The summed E-state index contributed by atoms with van der Waals surface area (Å²) in [4.78, 5) is 29.7. The fourth-order valence-corrected chi connectivity index (χ4v) is 3.25. The predicted octanol–water partition coefficient (Wildman–Crippen LogP) is 2.80. The van der Waals surface area contributed by atoms with Crippen LogP contribution in [0.2, 0.25) is 0 Å². The van der Waals surface area contributed by atoms with Crippen molar-refractivity contribution in [2.75, 3.05) is 13.1 Å². The Bertz CT molecular complexity index is 857. The van der Waals surface area contributed by atoms with Gasteiger partial charge >= 0.3 is 0 Å². The molecule has 0 spiro atoms. The predicted molar refractivity (Wildman–Crippen MR) is 93.4 cm³/mol. The highest BCUT2D eigenvalue weighted by Crippen LogP contribution is 2.18. The van der Waals surface area contributed by atoms with Gasteiger partial charge in [0, 0.05) is 30.0 Å². The summed E-state index contributed by atoms with van der Waals surface area (Å²) in [6.07, 6.45) is 2.95. The van der Waals surface area contributed by atoms with Crippen molar-refractivity contribution in [1.29, 1.82) is 0 Å². The van der Waals surface area contributed by atoms with E-state index in [-0.39, 0.29) is 17.9 Å². The second-order valence-electron chi connectivity index (χ2n) is 6.29. The zero-order valence-electron chi connectivity index (χ0n) is 13.7. The molecule has 1 aromatic carbocycles. The third-order valence-electron chi connectivity index (χ3n) is 4.62. The minimum Gasteiger partial charge on any atom is -0.459 e. The van der Waals surface area contributed by atoms with Crippen LogP contribution >= 0.6 is 0 Å². The van der Waals surface area contributed by atoms with Gasteiger partial charge in [-0.3, -0.25) is 9.59 Å². The van der Waals surface area contributed by atoms with Gasteiger partial charge in [0.1, 0.15) is 5.69 Å². The molecule has 1 saturated heterocycles. The minimum absolute atomic E-state index is 0.00649. The summed E-state index contributed by atoms with van der Waals surface area (Å²) in [6.45, 7) is 1.24. The Morgan fingerprint density at radius 1 is 1.12 bits per heavy atom. The van der Waals surface area contributed by atoms with Crippen LogP contribution in [0.4, 0.5) is 0 Å². The zero-order valence-corrected chi connectivity index (χ0v) is 13.7. The highest BCUT2D eigenvalue weighted by atomic mass is 16.3. The van der Waals surface area contributed by atoms with Crippen LogP contribution in [-0.4, -0.2) is 40.8 Å². The van der Waals surface area contributed by atoms with E-state index in [0.717, 1.165) is 23.7 Å². The lowest BCUT2D eigenvalue weighted by molar-refractivity contribution is 0.0691. The molecule has 2 N–H and O–H groups in total. The number of hydrogen-bond donors (Lipinski definition) is 2. The van der Waals surface area contributed by atoms with Crippen molar-refractivity contribution in [2.45, 2.75) is 18.9 Å². The van der Waals surface area contributed by atoms with Crippen molar-refractivity contribution in [3.05, 3.63) is 60.2 Å². The molecule has 6 nitrogen and oxygen atoms in total. The van der Waals surface area contributed by atoms with Gasteiger partial charge in [-0.1, -0.05) is 18.2 Å². The van der Waals surface area contributed by atoms with Crippen molar-refractivity contribution in [3.8, 4) is 0 Å². The number of carbonyl (C=O) groups is 2. The summed E-state index contributed by atoms with van der Waals surface area (Å²) in [5.41, 5.74) is 1.57. The summed E-state index contributed by atoms with van der Waals surface area (Å²) in [6, 6.07) is 13.1. The Morgan fingerprint density at radius 2 is 1.92 bits per heavy atom. The van der Waals surface area contributed by atoms with Crippen LogP contribution < -0.4 is 5.32 Å². The number of piperidine rings is 1. The number of benzene rings is 1. The molecule has 1 aliphatic rings. The smallest absolute Gasteiger partial charge is 0.287 e. The number of hydrogen-bond acceptors (Lipinski definition) is 3. The number of aromatic nitrogens is 1. The number of rotatable bonds is 3. The first-order valence-electron chi connectivity index (χ1n) is 8.42. The molecule has 0 atom stereocenters. The number of fused-ring (bicyclic) bond motifs is 1. The van der Waals surface area contributed by atoms with Gasteiger partial charge in [-0.2, -0.15) is 0 Å². The van der Waals surface area contributed by atoms with Crippen molar-refractivity contribution < 1.29 is 14.0 Å². The average molecular weight is 337 g/mol. The molecule has 2 amide bonds. The topological polar surface area (TPSA) is 78.3 Å². The summed E-state index contributed by atoms with van der Waals surface area (Å²) in [7, 11) is 0. The van der Waals surface area contributed by atoms with Crippen LogP contribution in [0.15, 0.2) is 53.1 Å². The summed E-state index contributed by atoms with van der Waals surface area (Å²) in [5, 5.41) is 4.00. The molecule has 3 heterocycles. The highest BCUT2D eigenvalue weighted by Gasteiger charge is 2.26. The average Bonchev–Trinajstić information content (AvgIpc) is 3.31. The minimum atomic E-state index is -0.203. The number of para-hydroxylation sites is 1. The van der Waals surface area contributed by atoms with Crippen molar-refractivity contribution in [2.24, 2.45) is 0 Å². The largest absolute Gasteiger partial charge is 0.459 e. The van der Waals surface area contributed by atoms with Gasteiger partial charge in [0.25, 0.3) is 11.8 Å². The Labute approximate surface area is 144 Å². The molecule has 0 unspecified atom stereocenters. The molecule has 0 radical (unpaired) electrons. The fraction of sp³-hybridized carbons (Fsp3) is 0.263. The van der Waals surface area contributed by atoms with Gasteiger partial charge < -0.3 is 19.6 Å². The third kappa shape index (κ3) is 3.15. The quantitative estimate of drug-likeness (QED) is 0.771. The molecule has 25 heavy (non-hydrogen) atoms. The van der Waals surface area contributed by atoms with E-state index in [1.165, 1.54) is 6.26 Å². The summed E-state index contributed by atoms with van der Waals surface area (Å²) in [5.74, 6) is 0.119. The third-order valence-corrected chi connectivity index (χ3v) is 4.62. The van der Waals surface area contributed by atoms with Crippen LogP contribution in [0.1, 0.15) is 33.9 Å². The van der Waals surface area contributed by atoms with Gasteiger partial charge in [-0.25, -0.2) is 0 Å². The van der Waals surface area contributed by atoms with E-state index in [1.54, 1.807) is 12.1 Å². The first kappa shape index (κ1) is 15.5. The van der Waals surface area contributed by atoms with Gasteiger partial charge in [0.15, 0.2) is 5.76 Å². The van der Waals surface area contributed by atoms with Crippen molar-refractivity contribution in [3.63, 3.8) is 0 Å². The monoisotopic (exact) mass is 337 g/mol. The molecule has 0 bridgehead atoms. The van der Waals surface area contributed by atoms with E-state index in [4.69, 9.17) is 4.42 Å². The highest BCUT2D eigenvalue weighted by molar-refractivity contribution is 5.98. The van der Waals surface area contributed by atoms with Crippen molar-refractivity contribution >= 4 is 22.7 Å². The maximum atomic E-state index is 12.7. The normalized spacial score (nSPS) is 15.4. The van der Waals surface area contributed by atoms with Crippen molar-refractivity contribution in [1.82, 2.24) is 15.2 Å². The van der Waals surface area contributed by atoms with Crippen LogP contribution in [0.25, 0.3) is 10.9 Å². The number of aromatic amines is 1. The molecular weight excluding hydrogens is 318 g/mol. The van der Waals surface area contributed by atoms with E-state index >= 15 is 0 Å². The Hall–Kier alpha value is -3.02. The molecule has 0 saturated carbocycles. The van der Waals surface area contributed by atoms with E-state index in [9.17, 15) is 9.59 Å². The molecule has 3 aromatic rings. The molecule has 2 aromatic heterocycles. The molecule has 4 rings (SSSR count). The molecular formula is C19H19N3O3. The Kier molecular flexibility index (Phi) is 4.01. The number of H-pyrrole nitrogens is 1. The maximum absolute atomic E-state index is 12.7. The number of amides is 2. The molecule has 1 fully saturated rings. The van der Waals surface area contributed by atoms with Gasteiger partial charge in [0.2, 0.25) is 0 Å². The van der Waals surface area contributed by atoms with Crippen LogP contribution in [0.5, 0.6) is 0 Å². The number of likely N-dealkylation sites (tertiary alicyclic amines) is 1. The molecule has 6 heteroatoms. The van der Waals surface area contributed by atoms with E-state index < -0.39 is 0 Å². The zero-order chi connectivity index (χ0) is 17.2. The first-order chi connectivity index (χ1) is 12.2. The van der Waals surface area contributed by atoms with Crippen LogP contribution in [0.3, 0.4) is 0 Å². The lowest BCUT2D eigenvalue weighted by Crippen LogP contribution is -2.46. The van der Waals surface area contributed by atoms with Crippen LogP contribution in [-0.2, 0) is 0 Å². The SMILES string of the molecule is O=C(NC1CCN(C(=O)c2cc3ccccc3[nH]2)CC1)c1ccco1. The van der Waals surface area contributed by atoms with E-state index in [2.05, 4.69) is 10.3 Å². The molecule has 0 aliphatic carbocycles. The number of furan rings is 1. The molecule has 1 aliphatic heterocycles. The van der Waals surface area contributed by atoms with Crippen LogP contribution in [0, 0.1) is 0 Å². The fourth-order valence-electron chi connectivity index (χ4n) is 3.25. The summed E-state index contributed by atoms with van der Waals surface area (Å²) >= 11 is 0. The number of carbonyl (C=O) groups excluding carboxylic acids is 2. The Morgan fingerprint density at radius 3 is 2.64 bits per heavy atom. The first-order valence-corrected chi connectivity index (χ1v) is 8.42. The lowest BCUT2D eigenvalue weighted by Gasteiger charge is -2.32. The standard InChI is InChI=1S/C19H19N3O3/c23-18(17-6-3-11-25-17)20-14-7-9-22(10-8-14)19(24)16-12-13-4-1-2-5-15(13)21-16/h1-6,11-12,14,21H,7-10H2,(H,20,23). The Balaban J connectivity index is 1.36. The molecule has 128 valence electrons. The lowest BCUT2D eigenvalue weighted by atomic mass is 10.0. The maximum Gasteiger partial charge on any atom is 0.287 e. The second-order valence-corrected chi connectivity index (χ2v) is 6.29. The van der Waals surface area contributed by atoms with E-state index in [1.807, 2.05) is 35.2 Å². The second kappa shape index (κ2) is 6.47. The van der Waals surface area contributed by atoms with Gasteiger partial charge in [-0.15, -0.1) is 0 Å². The number of nitrogens with one attached hydrogen (secondary N) is 2. The number of nitrogens with zero attached hydrogens (tertiary/aromatic N) is 1. The van der Waals surface area contributed by atoms with Gasteiger partial charge in [-0.05, 0) is 37.1 Å².